The number of aromatic nitrogens is 1. The maximum atomic E-state index is 9.77. The quantitative estimate of drug-likeness (QED) is 0.873. The second-order valence-electron chi connectivity index (χ2n) is 4.85. The lowest BCUT2D eigenvalue weighted by Gasteiger charge is -2.13. The van der Waals surface area contributed by atoms with Crippen LogP contribution in [0.25, 0.3) is 10.9 Å². The molecule has 2 rings (SSSR count). The zero-order chi connectivity index (χ0) is 12.3. The maximum absolute atomic E-state index is 9.77. The van der Waals surface area contributed by atoms with Gasteiger partial charge >= 0.3 is 0 Å². The molecule has 1 atom stereocenters. The lowest BCUT2D eigenvalue weighted by Crippen LogP contribution is -2.15. The summed E-state index contributed by atoms with van der Waals surface area (Å²) in [7, 11) is 0. The van der Waals surface area contributed by atoms with Gasteiger partial charge in [0.05, 0.1) is 11.6 Å². The highest BCUT2D eigenvalue weighted by Crippen LogP contribution is 2.14. The van der Waals surface area contributed by atoms with Crippen LogP contribution in [0.5, 0.6) is 0 Å². The summed E-state index contributed by atoms with van der Waals surface area (Å²) in [6.07, 6.45) is 1.39. The Morgan fingerprint density at radius 3 is 2.65 bits per heavy atom. The number of aryl methyl sites for hydroxylation is 1. The van der Waals surface area contributed by atoms with Gasteiger partial charge in [-0.2, -0.15) is 0 Å². The fourth-order valence-electron chi connectivity index (χ4n) is 1.88. The van der Waals surface area contributed by atoms with Crippen molar-refractivity contribution >= 4 is 10.9 Å². The van der Waals surface area contributed by atoms with Gasteiger partial charge in [-0.15, -0.1) is 0 Å². The van der Waals surface area contributed by atoms with Gasteiger partial charge < -0.3 is 5.11 Å². The Bertz CT molecular complexity index is 493. The van der Waals surface area contributed by atoms with Crippen LogP contribution in [0, 0.1) is 5.92 Å². The fourth-order valence-corrected chi connectivity index (χ4v) is 1.88. The molecule has 0 saturated heterocycles. The van der Waals surface area contributed by atoms with Crippen LogP contribution in [0.4, 0.5) is 0 Å². The molecular formula is C15H19NO. The van der Waals surface area contributed by atoms with Gasteiger partial charge in [-0.1, -0.05) is 38.1 Å². The van der Waals surface area contributed by atoms with Crippen molar-refractivity contribution in [2.75, 3.05) is 0 Å². The molecule has 1 heterocycles. The molecule has 0 aliphatic carbocycles. The summed E-state index contributed by atoms with van der Waals surface area (Å²) < 4.78 is 0. The lowest BCUT2D eigenvalue weighted by atomic mass is 10.0. The molecule has 2 nitrogen and oxygen atoms in total. The van der Waals surface area contributed by atoms with E-state index in [0.29, 0.717) is 5.92 Å². The standard InChI is InChI=1S/C15H19NO/c1-11(2)15(17)10-9-13-8-7-12-5-3-4-6-14(12)16-13/h3-8,11,15,17H,9-10H2,1-2H3. The van der Waals surface area contributed by atoms with Crippen molar-refractivity contribution in [1.82, 2.24) is 4.98 Å². The van der Waals surface area contributed by atoms with Crippen molar-refractivity contribution in [2.24, 2.45) is 5.92 Å². The molecule has 1 unspecified atom stereocenters. The molecule has 0 amide bonds. The molecule has 0 radical (unpaired) electrons. The predicted molar refractivity (Wildman–Crippen MR) is 70.9 cm³/mol. The van der Waals surface area contributed by atoms with Gasteiger partial charge in [0.25, 0.3) is 0 Å². The summed E-state index contributed by atoms with van der Waals surface area (Å²) in [5, 5.41) is 10.9. The topological polar surface area (TPSA) is 33.1 Å². The number of hydrogen-bond acceptors (Lipinski definition) is 2. The number of rotatable bonds is 4. The zero-order valence-corrected chi connectivity index (χ0v) is 10.4. The molecule has 2 aromatic rings. The van der Waals surface area contributed by atoms with Gasteiger partial charge in [-0.25, -0.2) is 0 Å². The van der Waals surface area contributed by atoms with E-state index in [1.165, 1.54) is 5.39 Å². The van der Waals surface area contributed by atoms with Crippen molar-refractivity contribution < 1.29 is 5.11 Å². The first-order valence-corrected chi connectivity index (χ1v) is 6.19. The highest BCUT2D eigenvalue weighted by Gasteiger charge is 2.09. The third-order valence-corrected chi connectivity index (χ3v) is 3.12. The first kappa shape index (κ1) is 12.1. The molecule has 0 aliphatic heterocycles. The molecule has 0 saturated carbocycles. The van der Waals surface area contributed by atoms with Crippen LogP contribution in [-0.4, -0.2) is 16.2 Å². The van der Waals surface area contributed by atoms with Crippen molar-refractivity contribution in [3.63, 3.8) is 0 Å². The molecule has 0 bridgehead atoms. The predicted octanol–water partition coefficient (Wildman–Crippen LogP) is 3.18. The molecule has 1 N–H and O–H groups in total. The number of aliphatic hydroxyl groups is 1. The van der Waals surface area contributed by atoms with Gasteiger partial charge in [-0.05, 0) is 30.9 Å². The SMILES string of the molecule is CC(C)C(O)CCc1ccc2ccccc2n1. The minimum absolute atomic E-state index is 0.233. The Morgan fingerprint density at radius 2 is 1.88 bits per heavy atom. The number of aliphatic hydroxyl groups excluding tert-OH is 1. The fraction of sp³-hybridized carbons (Fsp3) is 0.400. The van der Waals surface area contributed by atoms with Gasteiger partial charge in [0.2, 0.25) is 0 Å². The van der Waals surface area contributed by atoms with Crippen molar-refractivity contribution in [1.29, 1.82) is 0 Å². The molecule has 2 heteroatoms. The minimum Gasteiger partial charge on any atom is -0.393 e. The highest BCUT2D eigenvalue weighted by molar-refractivity contribution is 5.78. The minimum atomic E-state index is -0.233. The summed E-state index contributed by atoms with van der Waals surface area (Å²) in [4.78, 5) is 4.60. The molecule has 1 aromatic heterocycles. The van der Waals surface area contributed by atoms with Crippen molar-refractivity contribution in [3.8, 4) is 0 Å². The molecule has 0 spiro atoms. The van der Waals surface area contributed by atoms with Crippen molar-refractivity contribution in [2.45, 2.75) is 32.8 Å². The molecule has 1 aromatic carbocycles. The summed E-state index contributed by atoms with van der Waals surface area (Å²) in [6.45, 7) is 4.08. The van der Waals surface area contributed by atoms with Crippen LogP contribution in [0.15, 0.2) is 36.4 Å². The van der Waals surface area contributed by atoms with E-state index in [4.69, 9.17) is 0 Å². The first-order valence-electron chi connectivity index (χ1n) is 6.19. The second-order valence-corrected chi connectivity index (χ2v) is 4.85. The smallest absolute Gasteiger partial charge is 0.0705 e. The maximum Gasteiger partial charge on any atom is 0.0705 e. The van der Waals surface area contributed by atoms with Crippen LogP contribution in [-0.2, 0) is 6.42 Å². The van der Waals surface area contributed by atoms with E-state index >= 15 is 0 Å². The molecular weight excluding hydrogens is 210 g/mol. The van der Waals surface area contributed by atoms with E-state index in [1.54, 1.807) is 0 Å². The Labute approximate surface area is 102 Å². The van der Waals surface area contributed by atoms with E-state index in [0.717, 1.165) is 24.1 Å². The number of pyridine rings is 1. The van der Waals surface area contributed by atoms with Crippen molar-refractivity contribution in [3.05, 3.63) is 42.1 Å². The van der Waals surface area contributed by atoms with Crippen LogP contribution < -0.4 is 0 Å². The van der Waals surface area contributed by atoms with Crippen LogP contribution in [0.2, 0.25) is 0 Å². The Hall–Kier alpha value is -1.41. The second kappa shape index (κ2) is 5.28. The summed E-state index contributed by atoms with van der Waals surface area (Å²) in [6, 6.07) is 12.3. The van der Waals surface area contributed by atoms with E-state index < -0.39 is 0 Å². The lowest BCUT2D eigenvalue weighted by molar-refractivity contribution is 0.116. The van der Waals surface area contributed by atoms with Crippen LogP contribution in [0.3, 0.4) is 0 Å². The van der Waals surface area contributed by atoms with Gasteiger partial charge in [-0.3, -0.25) is 4.98 Å². The number of hydrogen-bond donors (Lipinski definition) is 1. The summed E-state index contributed by atoms with van der Waals surface area (Å²) in [5.74, 6) is 0.315. The number of para-hydroxylation sites is 1. The monoisotopic (exact) mass is 229 g/mol. The van der Waals surface area contributed by atoms with Gasteiger partial charge in [0.1, 0.15) is 0 Å². The van der Waals surface area contributed by atoms with Gasteiger partial charge in [0, 0.05) is 11.1 Å². The van der Waals surface area contributed by atoms with E-state index in [-0.39, 0.29) is 6.10 Å². The average Bonchev–Trinajstić information content (AvgIpc) is 2.35. The Kier molecular flexibility index (Phi) is 3.75. The first-order chi connectivity index (χ1) is 8.16. The number of benzene rings is 1. The summed E-state index contributed by atoms with van der Waals surface area (Å²) in [5.41, 5.74) is 2.09. The Balaban J connectivity index is 2.09. The third-order valence-electron chi connectivity index (χ3n) is 3.12. The third kappa shape index (κ3) is 3.04. The average molecular weight is 229 g/mol. The number of nitrogens with zero attached hydrogens (tertiary/aromatic N) is 1. The van der Waals surface area contributed by atoms with Crippen LogP contribution >= 0.6 is 0 Å². The van der Waals surface area contributed by atoms with Gasteiger partial charge in [0.15, 0.2) is 0 Å². The van der Waals surface area contributed by atoms with Crippen LogP contribution in [0.1, 0.15) is 26.0 Å². The molecule has 0 fully saturated rings. The molecule has 17 heavy (non-hydrogen) atoms. The Morgan fingerprint density at radius 1 is 1.12 bits per heavy atom. The van der Waals surface area contributed by atoms with E-state index in [9.17, 15) is 5.11 Å². The zero-order valence-electron chi connectivity index (χ0n) is 10.4. The largest absolute Gasteiger partial charge is 0.393 e. The number of fused-ring (bicyclic) bond motifs is 1. The highest BCUT2D eigenvalue weighted by atomic mass is 16.3. The normalized spacial score (nSPS) is 13.2. The van der Waals surface area contributed by atoms with E-state index in [2.05, 4.69) is 23.2 Å². The molecule has 0 aliphatic rings. The van der Waals surface area contributed by atoms with E-state index in [1.807, 2.05) is 32.0 Å². The molecule has 90 valence electrons. The summed E-state index contributed by atoms with van der Waals surface area (Å²) >= 11 is 0.